The third-order valence-electron chi connectivity index (χ3n) is 4.03. The summed E-state index contributed by atoms with van der Waals surface area (Å²) < 4.78 is 23.7. The van der Waals surface area contributed by atoms with Crippen LogP contribution >= 0.6 is 0 Å². The lowest BCUT2D eigenvalue weighted by atomic mass is 9.77. The van der Waals surface area contributed by atoms with Gasteiger partial charge in [-0.3, -0.25) is 0 Å². The molecular weight excluding hydrogens is 325 g/mol. The summed E-state index contributed by atoms with van der Waals surface area (Å²) in [6.45, 7) is 5.61. The fourth-order valence-corrected chi connectivity index (χ4v) is 2.44. The van der Waals surface area contributed by atoms with Gasteiger partial charge in [0.15, 0.2) is 5.76 Å². The van der Waals surface area contributed by atoms with Crippen molar-refractivity contribution in [1.29, 1.82) is 0 Å². The Kier molecular flexibility index (Phi) is 4.92. The topological polar surface area (TPSA) is 81.3 Å². The van der Waals surface area contributed by atoms with Crippen LogP contribution in [0.5, 0.6) is 11.9 Å². The first-order valence-corrected chi connectivity index (χ1v) is 7.88. The van der Waals surface area contributed by atoms with Crippen LogP contribution in [-0.2, 0) is 0 Å². The van der Waals surface area contributed by atoms with Gasteiger partial charge in [-0.15, -0.1) is 0 Å². The summed E-state index contributed by atoms with van der Waals surface area (Å²) in [6.07, 6.45) is 9.21. The van der Waals surface area contributed by atoms with E-state index in [1.165, 1.54) is 18.2 Å². The van der Waals surface area contributed by atoms with Gasteiger partial charge >= 0.3 is 6.01 Å². The SMILES string of the molecule is C=C(/C=C\C(F)=C/C)[C@H]1C[C@@H](Oc2ncc(-c3cc(O)no3)cn2)C1. The second kappa shape index (κ2) is 7.29. The molecule has 7 heteroatoms. The second-order valence-electron chi connectivity index (χ2n) is 5.79. The summed E-state index contributed by atoms with van der Waals surface area (Å²) in [7, 11) is 0. The Balaban J connectivity index is 1.50. The highest BCUT2D eigenvalue weighted by Gasteiger charge is 2.32. The number of rotatable bonds is 6. The molecule has 0 bridgehead atoms. The molecule has 0 unspecified atom stereocenters. The molecule has 0 amide bonds. The highest BCUT2D eigenvalue weighted by atomic mass is 19.1. The van der Waals surface area contributed by atoms with Crippen LogP contribution in [0.15, 0.2) is 59.2 Å². The van der Waals surface area contributed by atoms with Crippen LogP contribution in [0.1, 0.15) is 19.8 Å². The van der Waals surface area contributed by atoms with Gasteiger partial charge in [0.05, 0.1) is 5.56 Å². The minimum absolute atomic E-state index is 0.0156. The van der Waals surface area contributed by atoms with E-state index in [2.05, 4.69) is 21.7 Å². The standard InChI is InChI=1S/C18H18FN3O3/c1-3-14(19)5-4-11(2)12-6-15(7-12)24-18-20-9-13(10-21-18)16-8-17(23)22-25-16/h3-5,8-10,12,15H,2,6-7H2,1H3,(H,22,23)/b5-4-,14-3+/t12-,15+. The summed E-state index contributed by atoms with van der Waals surface area (Å²) >= 11 is 0. The number of aromatic nitrogens is 3. The van der Waals surface area contributed by atoms with Crippen molar-refractivity contribution >= 4 is 0 Å². The van der Waals surface area contributed by atoms with Crippen LogP contribution in [0.2, 0.25) is 0 Å². The zero-order chi connectivity index (χ0) is 17.8. The molecule has 3 rings (SSSR count). The minimum atomic E-state index is -0.276. The Bertz CT molecular complexity index is 805. The summed E-state index contributed by atoms with van der Waals surface area (Å²) in [5, 5.41) is 12.6. The number of hydrogen-bond donors (Lipinski definition) is 1. The summed E-state index contributed by atoms with van der Waals surface area (Å²) in [5.41, 5.74) is 1.48. The third-order valence-corrected chi connectivity index (χ3v) is 4.03. The molecule has 2 heterocycles. The molecule has 2 aromatic rings. The molecule has 0 atom stereocenters. The monoisotopic (exact) mass is 343 g/mol. The first-order valence-electron chi connectivity index (χ1n) is 7.88. The van der Waals surface area contributed by atoms with Crippen LogP contribution in [0, 0.1) is 5.92 Å². The van der Waals surface area contributed by atoms with Crippen molar-refractivity contribution in [2.45, 2.75) is 25.9 Å². The van der Waals surface area contributed by atoms with Gasteiger partial charge in [0, 0.05) is 18.5 Å². The summed E-state index contributed by atoms with van der Waals surface area (Å²) in [4.78, 5) is 8.26. The molecule has 2 aromatic heterocycles. The van der Waals surface area contributed by atoms with E-state index in [0.717, 1.165) is 18.4 Å². The van der Waals surface area contributed by atoms with Crippen LogP contribution in [0.25, 0.3) is 11.3 Å². The smallest absolute Gasteiger partial charge is 0.316 e. The molecule has 0 saturated heterocycles. The van der Waals surface area contributed by atoms with Gasteiger partial charge in [-0.2, -0.15) is 0 Å². The van der Waals surface area contributed by atoms with Crippen molar-refractivity contribution in [2.75, 3.05) is 0 Å². The highest BCUT2D eigenvalue weighted by molar-refractivity contribution is 5.55. The van der Waals surface area contributed by atoms with E-state index in [9.17, 15) is 9.50 Å². The minimum Gasteiger partial charge on any atom is -0.491 e. The quantitative estimate of drug-likeness (QED) is 0.799. The molecule has 1 fully saturated rings. The molecule has 6 nitrogen and oxygen atoms in total. The Morgan fingerprint density at radius 1 is 1.36 bits per heavy atom. The molecule has 0 aromatic carbocycles. The first-order chi connectivity index (χ1) is 12.0. The maximum Gasteiger partial charge on any atom is 0.316 e. The first kappa shape index (κ1) is 16.9. The fourth-order valence-electron chi connectivity index (χ4n) is 2.44. The largest absolute Gasteiger partial charge is 0.491 e. The molecule has 0 aliphatic heterocycles. The van der Waals surface area contributed by atoms with Gasteiger partial charge in [-0.25, -0.2) is 14.4 Å². The molecular formula is C18H18FN3O3. The molecule has 0 spiro atoms. The van der Waals surface area contributed by atoms with E-state index in [0.29, 0.717) is 11.3 Å². The number of hydrogen-bond acceptors (Lipinski definition) is 6. The number of nitrogens with zero attached hydrogens (tertiary/aromatic N) is 3. The van der Waals surface area contributed by atoms with Crippen LogP contribution < -0.4 is 4.74 Å². The van der Waals surface area contributed by atoms with Crippen molar-refractivity contribution in [2.24, 2.45) is 5.92 Å². The van der Waals surface area contributed by atoms with Gasteiger partial charge in [-0.1, -0.05) is 24.3 Å². The Hall–Kier alpha value is -2.96. The summed E-state index contributed by atoms with van der Waals surface area (Å²) in [5.74, 6) is 0.188. The number of halogens is 1. The van der Waals surface area contributed by atoms with Crippen molar-refractivity contribution in [1.82, 2.24) is 15.1 Å². The van der Waals surface area contributed by atoms with Crippen molar-refractivity contribution in [3.8, 4) is 23.2 Å². The molecule has 1 aliphatic carbocycles. The van der Waals surface area contributed by atoms with Gasteiger partial charge in [0.2, 0.25) is 0 Å². The molecule has 130 valence electrons. The lowest BCUT2D eigenvalue weighted by Crippen LogP contribution is -2.34. The van der Waals surface area contributed by atoms with E-state index in [4.69, 9.17) is 9.26 Å². The van der Waals surface area contributed by atoms with Gasteiger partial charge < -0.3 is 14.4 Å². The predicted octanol–water partition coefficient (Wildman–Crippen LogP) is 3.98. The number of ether oxygens (including phenoxy) is 1. The van der Waals surface area contributed by atoms with Crippen LogP contribution in [-0.4, -0.2) is 26.3 Å². The molecule has 25 heavy (non-hydrogen) atoms. The second-order valence-corrected chi connectivity index (χ2v) is 5.79. The zero-order valence-corrected chi connectivity index (χ0v) is 13.7. The van der Waals surface area contributed by atoms with E-state index < -0.39 is 0 Å². The van der Waals surface area contributed by atoms with Crippen molar-refractivity contribution in [3.63, 3.8) is 0 Å². The zero-order valence-electron chi connectivity index (χ0n) is 13.7. The van der Waals surface area contributed by atoms with Crippen LogP contribution in [0.4, 0.5) is 4.39 Å². The summed E-state index contributed by atoms with van der Waals surface area (Å²) in [6, 6.07) is 1.66. The predicted molar refractivity (Wildman–Crippen MR) is 89.5 cm³/mol. The van der Waals surface area contributed by atoms with Gasteiger partial charge in [0.1, 0.15) is 11.9 Å². The maximum atomic E-state index is 13.1. The lowest BCUT2D eigenvalue weighted by molar-refractivity contribution is 0.0734. The van der Waals surface area contributed by atoms with Crippen molar-refractivity contribution in [3.05, 3.63) is 54.7 Å². The Labute approximate surface area is 144 Å². The molecule has 1 saturated carbocycles. The molecule has 0 radical (unpaired) electrons. The van der Waals surface area contributed by atoms with E-state index in [-0.39, 0.29) is 29.7 Å². The van der Waals surface area contributed by atoms with E-state index >= 15 is 0 Å². The highest BCUT2D eigenvalue weighted by Crippen LogP contribution is 2.36. The average Bonchev–Trinajstić information content (AvgIpc) is 3.02. The molecule has 1 aliphatic rings. The number of aromatic hydroxyl groups is 1. The van der Waals surface area contributed by atoms with Crippen molar-refractivity contribution < 1.29 is 18.8 Å². The molecule has 1 N–H and O–H groups in total. The fraction of sp³-hybridized carbons (Fsp3) is 0.278. The van der Waals surface area contributed by atoms with Gasteiger partial charge in [-0.05, 0) is 36.9 Å². The van der Waals surface area contributed by atoms with E-state index in [1.807, 2.05) is 0 Å². The number of allylic oxidation sites excluding steroid dienone is 5. The van der Waals surface area contributed by atoms with Gasteiger partial charge in [0.25, 0.3) is 5.88 Å². The van der Waals surface area contributed by atoms with E-state index in [1.54, 1.807) is 25.4 Å². The Morgan fingerprint density at radius 3 is 2.68 bits per heavy atom. The third kappa shape index (κ3) is 4.12. The Morgan fingerprint density at radius 2 is 2.08 bits per heavy atom. The average molecular weight is 343 g/mol. The normalized spacial score (nSPS) is 20.5. The van der Waals surface area contributed by atoms with Crippen LogP contribution in [0.3, 0.4) is 0 Å². The maximum absolute atomic E-state index is 13.1. The lowest BCUT2D eigenvalue weighted by Gasteiger charge is -2.35.